The minimum atomic E-state index is 0.168. The van der Waals surface area contributed by atoms with Gasteiger partial charge in [0.1, 0.15) is 5.78 Å². The second-order valence-corrected chi connectivity index (χ2v) is 3.02. The first-order chi connectivity index (χ1) is 6.77. The fraction of sp³-hybridized carbons (Fsp3) is 0.900. The lowest BCUT2D eigenvalue weighted by Crippen LogP contribution is -2.07. The van der Waals surface area contributed by atoms with Crippen LogP contribution in [0.5, 0.6) is 0 Å². The van der Waals surface area contributed by atoms with Crippen LogP contribution in [0.2, 0.25) is 0 Å². The van der Waals surface area contributed by atoms with Gasteiger partial charge in [0, 0.05) is 26.7 Å². The third-order valence-electron chi connectivity index (χ3n) is 1.61. The van der Waals surface area contributed by atoms with Gasteiger partial charge in [-0.15, -0.1) is 0 Å². The molecule has 0 saturated heterocycles. The highest BCUT2D eigenvalue weighted by Crippen LogP contribution is 1.88. The van der Waals surface area contributed by atoms with E-state index in [1.54, 1.807) is 14.0 Å². The SMILES string of the molecule is COCCOCCCOCCC(C)=O. The molecule has 0 aromatic carbocycles. The maximum Gasteiger partial charge on any atom is 0.132 e. The molecule has 0 amide bonds. The Hall–Kier alpha value is -0.450. The lowest BCUT2D eigenvalue weighted by molar-refractivity contribution is -0.118. The molecule has 0 aromatic rings. The summed E-state index contributed by atoms with van der Waals surface area (Å²) < 4.78 is 15.3. The predicted molar refractivity (Wildman–Crippen MR) is 53.4 cm³/mol. The molecule has 0 aliphatic heterocycles. The summed E-state index contributed by atoms with van der Waals surface area (Å²) in [5, 5.41) is 0. The van der Waals surface area contributed by atoms with E-state index >= 15 is 0 Å². The first-order valence-electron chi connectivity index (χ1n) is 4.91. The summed E-state index contributed by atoms with van der Waals surface area (Å²) in [7, 11) is 1.65. The molecule has 0 spiro atoms. The number of ketones is 1. The zero-order valence-corrected chi connectivity index (χ0v) is 9.08. The number of rotatable bonds is 10. The summed E-state index contributed by atoms with van der Waals surface area (Å²) in [4.78, 5) is 10.5. The summed E-state index contributed by atoms with van der Waals surface area (Å²) in [5.41, 5.74) is 0. The van der Waals surface area contributed by atoms with Gasteiger partial charge in [0.25, 0.3) is 0 Å². The van der Waals surface area contributed by atoms with Gasteiger partial charge in [-0.05, 0) is 13.3 Å². The van der Waals surface area contributed by atoms with Gasteiger partial charge in [-0.1, -0.05) is 0 Å². The molecule has 0 radical (unpaired) electrons. The van der Waals surface area contributed by atoms with E-state index in [1.807, 2.05) is 0 Å². The van der Waals surface area contributed by atoms with E-state index in [-0.39, 0.29) is 5.78 Å². The van der Waals surface area contributed by atoms with E-state index in [0.29, 0.717) is 39.5 Å². The third-order valence-corrected chi connectivity index (χ3v) is 1.61. The zero-order valence-electron chi connectivity index (χ0n) is 9.08. The van der Waals surface area contributed by atoms with Crippen LogP contribution in [0, 0.1) is 0 Å². The quantitative estimate of drug-likeness (QED) is 0.499. The van der Waals surface area contributed by atoms with Crippen molar-refractivity contribution < 1.29 is 19.0 Å². The highest BCUT2D eigenvalue weighted by molar-refractivity contribution is 5.75. The number of ether oxygens (including phenoxy) is 3. The molecule has 4 heteroatoms. The number of carbonyl (C=O) groups is 1. The molecule has 0 heterocycles. The number of carbonyl (C=O) groups excluding carboxylic acids is 1. The minimum absolute atomic E-state index is 0.168. The zero-order chi connectivity index (χ0) is 10.6. The number of hydrogen-bond acceptors (Lipinski definition) is 4. The van der Waals surface area contributed by atoms with Crippen molar-refractivity contribution in [1.29, 1.82) is 0 Å². The van der Waals surface area contributed by atoms with E-state index in [1.165, 1.54) is 0 Å². The molecule has 0 rings (SSSR count). The first-order valence-corrected chi connectivity index (χ1v) is 4.91. The molecule has 0 saturated carbocycles. The Bertz CT molecular complexity index is 136. The molecule has 0 unspecified atom stereocenters. The van der Waals surface area contributed by atoms with Crippen molar-refractivity contribution in [2.75, 3.05) is 40.1 Å². The fourth-order valence-corrected chi connectivity index (χ4v) is 0.825. The normalized spacial score (nSPS) is 10.4. The smallest absolute Gasteiger partial charge is 0.132 e. The summed E-state index contributed by atoms with van der Waals surface area (Å²) >= 11 is 0. The van der Waals surface area contributed by atoms with Gasteiger partial charge >= 0.3 is 0 Å². The standard InChI is InChI=1S/C10H20O4/c1-10(11)4-7-13-5-3-6-14-9-8-12-2/h3-9H2,1-2H3. The van der Waals surface area contributed by atoms with E-state index in [2.05, 4.69) is 0 Å². The summed E-state index contributed by atoms with van der Waals surface area (Å²) in [6.45, 7) is 4.68. The molecule has 0 bridgehead atoms. The van der Waals surface area contributed by atoms with Crippen molar-refractivity contribution in [2.24, 2.45) is 0 Å². The minimum Gasteiger partial charge on any atom is -0.382 e. The van der Waals surface area contributed by atoms with Crippen LogP contribution in [-0.4, -0.2) is 45.9 Å². The maximum atomic E-state index is 10.5. The van der Waals surface area contributed by atoms with Crippen molar-refractivity contribution in [2.45, 2.75) is 19.8 Å². The van der Waals surface area contributed by atoms with Crippen molar-refractivity contribution >= 4 is 5.78 Å². The number of Topliss-reactive ketones (excluding diaryl/α,β-unsaturated/α-hetero) is 1. The van der Waals surface area contributed by atoms with Crippen LogP contribution < -0.4 is 0 Å². The topological polar surface area (TPSA) is 44.8 Å². The van der Waals surface area contributed by atoms with Gasteiger partial charge in [-0.2, -0.15) is 0 Å². The second kappa shape index (κ2) is 10.6. The van der Waals surface area contributed by atoms with E-state index in [9.17, 15) is 4.79 Å². The number of hydrogen-bond donors (Lipinski definition) is 0. The Kier molecular flexibility index (Phi) is 10.3. The van der Waals surface area contributed by atoms with E-state index in [4.69, 9.17) is 14.2 Å². The summed E-state index contributed by atoms with van der Waals surface area (Å²) in [5.74, 6) is 0.168. The Balaban J connectivity index is 2.88. The van der Waals surface area contributed by atoms with Crippen LogP contribution in [0.4, 0.5) is 0 Å². The third kappa shape index (κ3) is 11.6. The van der Waals surface area contributed by atoms with Crippen LogP contribution >= 0.6 is 0 Å². The summed E-state index contributed by atoms with van der Waals surface area (Å²) in [6, 6.07) is 0. The molecule has 0 atom stereocenters. The van der Waals surface area contributed by atoms with Crippen LogP contribution in [0.25, 0.3) is 0 Å². The highest BCUT2D eigenvalue weighted by Gasteiger charge is 1.93. The Labute approximate surface area is 85.5 Å². The average Bonchev–Trinajstić information content (AvgIpc) is 2.15. The van der Waals surface area contributed by atoms with Crippen LogP contribution in [0.1, 0.15) is 19.8 Å². The van der Waals surface area contributed by atoms with Crippen molar-refractivity contribution in [3.63, 3.8) is 0 Å². The Morgan fingerprint density at radius 1 is 1.00 bits per heavy atom. The lowest BCUT2D eigenvalue weighted by Gasteiger charge is -2.04. The molecular weight excluding hydrogens is 184 g/mol. The van der Waals surface area contributed by atoms with Crippen molar-refractivity contribution in [1.82, 2.24) is 0 Å². The number of methoxy groups -OCH3 is 1. The molecule has 0 aliphatic carbocycles. The highest BCUT2D eigenvalue weighted by atomic mass is 16.5. The predicted octanol–water partition coefficient (Wildman–Crippen LogP) is 1.04. The van der Waals surface area contributed by atoms with Crippen molar-refractivity contribution in [3.05, 3.63) is 0 Å². The molecule has 84 valence electrons. The maximum absolute atomic E-state index is 10.5. The summed E-state index contributed by atoms with van der Waals surface area (Å²) in [6.07, 6.45) is 1.37. The van der Waals surface area contributed by atoms with Crippen LogP contribution in [0.15, 0.2) is 0 Å². The first kappa shape index (κ1) is 13.5. The monoisotopic (exact) mass is 204 g/mol. The van der Waals surface area contributed by atoms with E-state index in [0.717, 1.165) is 6.42 Å². The molecular formula is C10H20O4. The van der Waals surface area contributed by atoms with Gasteiger partial charge in [0.2, 0.25) is 0 Å². The molecule has 0 N–H and O–H groups in total. The van der Waals surface area contributed by atoms with Gasteiger partial charge in [-0.25, -0.2) is 0 Å². The van der Waals surface area contributed by atoms with E-state index < -0.39 is 0 Å². The molecule has 0 aromatic heterocycles. The Morgan fingerprint density at radius 3 is 2.21 bits per heavy atom. The Morgan fingerprint density at radius 2 is 1.64 bits per heavy atom. The van der Waals surface area contributed by atoms with Crippen LogP contribution in [-0.2, 0) is 19.0 Å². The van der Waals surface area contributed by atoms with Gasteiger partial charge in [-0.3, -0.25) is 4.79 Å². The van der Waals surface area contributed by atoms with Gasteiger partial charge in [0.15, 0.2) is 0 Å². The molecule has 4 nitrogen and oxygen atoms in total. The second-order valence-electron chi connectivity index (χ2n) is 3.02. The molecule has 0 aliphatic rings. The average molecular weight is 204 g/mol. The van der Waals surface area contributed by atoms with Gasteiger partial charge < -0.3 is 14.2 Å². The lowest BCUT2D eigenvalue weighted by atomic mass is 10.3. The van der Waals surface area contributed by atoms with Gasteiger partial charge in [0.05, 0.1) is 19.8 Å². The fourth-order valence-electron chi connectivity index (χ4n) is 0.825. The van der Waals surface area contributed by atoms with Crippen LogP contribution in [0.3, 0.4) is 0 Å². The largest absolute Gasteiger partial charge is 0.382 e. The molecule has 14 heavy (non-hydrogen) atoms. The molecule has 0 fully saturated rings. The van der Waals surface area contributed by atoms with Crippen molar-refractivity contribution in [3.8, 4) is 0 Å².